The zero-order valence-electron chi connectivity index (χ0n) is 7.83. The standard InChI is InChI=1S/C11H10FNO/c1-11(10(7-13)14-11)6-8-4-2-3-5-9(8)12/h2-5,10H,6H2,1H3. The minimum atomic E-state index is -0.489. The number of ether oxygens (including phenoxy) is 1. The van der Waals surface area contributed by atoms with Crippen LogP contribution in [0.3, 0.4) is 0 Å². The fourth-order valence-corrected chi connectivity index (χ4v) is 1.55. The Balaban J connectivity index is 2.14. The van der Waals surface area contributed by atoms with Gasteiger partial charge in [0.05, 0.1) is 6.07 Å². The first-order valence-electron chi connectivity index (χ1n) is 4.46. The number of benzene rings is 1. The van der Waals surface area contributed by atoms with Crippen molar-refractivity contribution in [3.05, 3.63) is 35.6 Å². The first kappa shape index (κ1) is 9.17. The summed E-state index contributed by atoms with van der Waals surface area (Å²) in [5.74, 6) is -0.235. The molecule has 1 fully saturated rings. The molecule has 0 aliphatic carbocycles. The number of hydrogen-bond donors (Lipinski definition) is 0. The Labute approximate surface area is 81.9 Å². The van der Waals surface area contributed by atoms with E-state index in [9.17, 15) is 4.39 Å². The fraction of sp³-hybridized carbons (Fsp3) is 0.364. The molecule has 0 N–H and O–H groups in total. The van der Waals surface area contributed by atoms with Crippen LogP contribution in [-0.4, -0.2) is 11.7 Å². The van der Waals surface area contributed by atoms with Gasteiger partial charge in [0.1, 0.15) is 11.4 Å². The number of nitriles is 1. The van der Waals surface area contributed by atoms with Gasteiger partial charge < -0.3 is 4.74 Å². The average molecular weight is 191 g/mol. The SMILES string of the molecule is CC1(Cc2ccccc2F)OC1C#N. The smallest absolute Gasteiger partial charge is 0.173 e. The fourth-order valence-electron chi connectivity index (χ4n) is 1.55. The maximum atomic E-state index is 13.2. The molecule has 2 atom stereocenters. The van der Waals surface area contributed by atoms with E-state index in [4.69, 9.17) is 10.00 Å². The molecular formula is C11H10FNO. The van der Waals surface area contributed by atoms with Crippen molar-refractivity contribution < 1.29 is 9.13 Å². The van der Waals surface area contributed by atoms with Crippen LogP contribution in [0.4, 0.5) is 4.39 Å². The van der Waals surface area contributed by atoms with Gasteiger partial charge in [0.15, 0.2) is 6.10 Å². The van der Waals surface area contributed by atoms with Crippen LogP contribution >= 0.6 is 0 Å². The zero-order chi connectivity index (χ0) is 10.2. The summed E-state index contributed by atoms with van der Waals surface area (Å²) in [5, 5.41) is 8.62. The van der Waals surface area contributed by atoms with Crippen molar-refractivity contribution in [1.82, 2.24) is 0 Å². The van der Waals surface area contributed by atoms with E-state index >= 15 is 0 Å². The van der Waals surface area contributed by atoms with Crippen LogP contribution in [-0.2, 0) is 11.2 Å². The van der Waals surface area contributed by atoms with Crippen molar-refractivity contribution in [2.24, 2.45) is 0 Å². The Bertz CT molecular complexity index is 399. The summed E-state index contributed by atoms with van der Waals surface area (Å²) in [6.45, 7) is 1.83. The summed E-state index contributed by atoms with van der Waals surface area (Å²) in [5.41, 5.74) is 0.115. The van der Waals surface area contributed by atoms with E-state index in [0.29, 0.717) is 12.0 Å². The first-order chi connectivity index (χ1) is 6.65. The third-order valence-corrected chi connectivity index (χ3v) is 2.50. The predicted octanol–water partition coefficient (Wildman–Crippen LogP) is 2.05. The number of hydrogen-bond acceptors (Lipinski definition) is 2. The predicted molar refractivity (Wildman–Crippen MR) is 49.0 cm³/mol. The summed E-state index contributed by atoms with van der Waals surface area (Å²) in [6.07, 6.45) is 0.0693. The van der Waals surface area contributed by atoms with Gasteiger partial charge in [0.25, 0.3) is 0 Å². The van der Waals surface area contributed by atoms with Crippen LogP contribution in [0.1, 0.15) is 12.5 Å². The van der Waals surface area contributed by atoms with Crippen molar-refractivity contribution in [1.29, 1.82) is 5.26 Å². The second-order valence-electron chi connectivity index (χ2n) is 3.71. The summed E-state index contributed by atoms with van der Waals surface area (Å²) in [4.78, 5) is 0. The molecule has 0 amide bonds. The van der Waals surface area contributed by atoms with Gasteiger partial charge in [-0.05, 0) is 18.6 Å². The van der Waals surface area contributed by atoms with Gasteiger partial charge in [0, 0.05) is 6.42 Å². The Morgan fingerprint density at radius 1 is 1.57 bits per heavy atom. The van der Waals surface area contributed by atoms with Gasteiger partial charge in [-0.2, -0.15) is 5.26 Å². The Morgan fingerprint density at radius 2 is 2.29 bits per heavy atom. The molecule has 1 saturated heterocycles. The van der Waals surface area contributed by atoms with Crippen molar-refractivity contribution >= 4 is 0 Å². The van der Waals surface area contributed by atoms with Gasteiger partial charge in [-0.3, -0.25) is 0 Å². The van der Waals surface area contributed by atoms with Crippen LogP contribution in [0.5, 0.6) is 0 Å². The highest BCUT2D eigenvalue weighted by Gasteiger charge is 2.52. The first-order valence-corrected chi connectivity index (χ1v) is 4.46. The molecule has 2 nitrogen and oxygen atoms in total. The topological polar surface area (TPSA) is 36.3 Å². The molecule has 2 unspecified atom stereocenters. The van der Waals surface area contributed by atoms with E-state index in [2.05, 4.69) is 0 Å². The number of rotatable bonds is 2. The largest absolute Gasteiger partial charge is 0.350 e. The normalized spacial score (nSPS) is 29.6. The zero-order valence-corrected chi connectivity index (χ0v) is 7.83. The molecule has 1 aromatic carbocycles. The van der Waals surface area contributed by atoms with Crippen LogP contribution in [0.15, 0.2) is 24.3 Å². The van der Waals surface area contributed by atoms with Crippen molar-refractivity contribution in [3.63, 3.8) is 0 Å². The Hall–Kier alpha value is -1.40. The average Bonchev–Trinajstić information content (AvgIpc) is 2.81. The molecule has 0 aromatic heterocycles. The van der Waals surface area contributed by atoms with Gasteiger partial charge in [-0.15, -0.1) is 0 Å². The van der Waals surface area contributed by atoms with Crippen LogP contribution in [0, 0.1) is 17.1 Å². The number of halogens is 1. The van der Waals surface area contributed by atoms with Crippen LogP contribution in [0.2, 0.25) is 0 Å². The summed E-state index contributed by atoms with van der Waals surface area (Å²) in [6, 6.07) is 8.60. The number of nitrogens with zero attached hydrogens (tertiary/aromatic N) is 1. The highest BCUT2D eigenvalue weighted by molar-refractivity contribution is 5.24. The molecular weight excluding hydrogens is 181 g/mol. The molecule has 2 rings (SSSR count). The lowest BCUT2D eigenvalue weighted by Crippen LogP contribution is -2.13. The van der Waals surface area contributed by atoms with E-state index in [1.807, 2.05) is 13.0 Å². The maximum Gasteiger partial charge on any atom is 0.173 e. The lowest BCUT2D eigenvalue weighted by atomic mass is 9.98. The van der Waals surface area contributed by atoms with Crippen LogP contribution in [0.25, 0.3) is 0 Å². The van der Waals surface area contributed by atoms with Crippen molar-refractivity contribution in [2.75, 3.05) is 0 Å². The lowest BCUT2D eigenvalue weighted by Gasteiger charge is -2.05. The number of epoxide rings is 1. The summed E-state index contributed by atoms with van der Waals surface area (Å²) < 4.78 is 18.4. The molecule has 0 spiro atoms. The maximum absolute atomic E-state index is 13.2. The Morgan fingerprint density at radius 3 is 2.86 bits per heavy atom. The van der Waals surface area contributed by atoms with Crippen LogP contribution < -0.4 is 0 Å². The summed E-state index contributed by atoms with van der Waals surface area (Å²) in [7, 11) is 0. The highest BCUT2D eigenvalue weighted by atomic mass is 19.1. The van der Waals surface area contributed by atoms with Crippen molar-refractivity contribution in [2.45, 2.75) is 25.0 Å². The van der Waals surface area contributed by atoms with E-state index < -0.39 is 5.60 Å². The van der Waals surface area contributed by atoms with Crippen molar-refractivity contribution in [3.8, 4) is 6.07 Å². The monoisotopic (exact) mass is 191 g/mol. The lowest BCUT2D eigenvalue weighted by molar-refractivity contribution is 0.313. The van der Waals surface area contributed by atoms with Gasteiger partial charge >= 0.3 is 0 Å². The van der Waals surface area contributed by atoms with E-state index in [1.165, 1.54) is 6.07 Å². The van der Waals surface area contributed by atoms with E-state index in [1.54, 1.807) is 18.2 Å². The van der Waals surface area contributed by atoms with E-state index in [-0.39, 0.29) is 11.9 Å². The molecule has 0 radical (unpaired) electrons. The van der Waals surface area contributed by atoms with Gasteiger partial charge in [-0.1, -0.05) is 18.2 Å². The molecule has 0 bridgehead atoms. The van der Waals surface area contributed by atoms with Gasteiger partial charge in [0.2, 0.25) is 0 Å². The molecule has 1 aliphatic rings. The highest BCUT2D eigenvalue weighted by Crippen LogP contribution is 2.38. The second kappa shape index (κ2) is 3.07. The molecule has 0 saturated carbocycles. The third kappa shape index (κ3) is 1.49. The minimum absolute atomic E-state index is 0.235. The minimum Gasteiger partial charge on any atom is -0.350 e. The molecule has 1 heterocycles. The van der Waals surface area contributed by atoms with Gasteiger partial charge in [-0.25, -0.2) is 4.39 Å². The molecule has 3 heteroatoms. The van der Waals surface area contributed by atoms with E-state index in [0.717, 1.165) is 0 Å². The molecule has 72 valence electrons. The second-order valence-corrected chi connectivity index (χ2v) is 3.71. The third-order valence-electron chi connectivity index (χ3n) is 2.50. The quantitative estimate of drug-likeness (QED) is 0.671. The molecule has 1 aromatic rings. The molecule has 14 heavy (non-hydrogen) atoms. The summed E-state index contributed by atoms with van der Waals surface area (Å²) >= 11 is 0. The Kier molecular flexibility index (Phi) is 2.01. The molecule has 1 aliphatic heterocycles.